The molecule has 0 fully saturated rings. The van der Waals surface area contributed by atoms with Gasteiger partial charge in [-0.25, -0.2) is 4.39 Å². The zero-order valence-electron chi connectivity index (χ0n) is 17.8. The van der Waals surface area contributed by atoms with Gasteiger partial charge in [-0.3, -0.25) is 19.3 Å². The van der Waals surface area contributed by atoms with Gasteiger partial charge in [-0.15, -0.1) is 0 Å². The molecule has 1 N–H and O–H groups in total. The molecule has 0 radical (unpaired) electrons. The average molecular weight is 431 g/mol. The number of aromatic hydroxyl groups is 1. The van der Waals surface area contributed by atoms with Crippen LogP contribution in [0.15, 0.2) is 53.5 Å². The van der Waals surface area contributed by atoms with Crippen LogP contribution in [0.2, 0.25) is 0 Å². The minimum absolute atomic E-state index is 0.0431. The summed E-state index contributed by atoms with van der Waals surface area (Å²) in [4.78, 5) is 26.6. The van der Waals surface area contributed by atoms with E-state index >= 15 is 0 Å². The van der Waals surface area contributed by atoms with Crippen molar-refractivity contribution in [2.24, 2.45) is 5.92 Å². The Kier molecular flexibility index (Phi) is 3.71. The molecule has 1 aliphatic heterocycles. The maximum Gasteiger partial charge on any atom is 0.277 e. The summed E-state index contributed by atoms with van der Waals surface area (Å²) in [5.74, 6) is -1.18. The lowest BCUT2D eigenvalue weighted by Gasteiger charge is -2.50. The number of hydrogen-bond donors (Lipinski definition) is 1. The van der Waals surface area contributed by atoms with Crippen LogP contribution >= 0.6 is 0 Å². The first-order valence-corrected chi connectivity index (χ1v) is 10.7. The van der Waals surface area contributed by atoms with Gasteiger partial charge < -0.3 is 10.0 Å². The number of nitrogens with zero attached hydrogens (tertiary/aromatic N) is 3. The second kappa shape index (κ2) is 6.22. The van der Waals surface area contributed by atoms with Crippen molar-refractivity contribution in [1.29, 1.82) is 0 Å². The number of aromatic nitrogens is 1. The first-order chi connectivity index (χ1) is 15.4. The van der Waals surface area contributed by atoms with Crippen molar-refractivity contribution in [2.75, 3.05) is 18.7 Å². The quantitative estimate of drug-likeness (QED) is 0.644. The van der Waals surface area contributed by atoms with Gasteiger partial charge in [0.25, 0.3) is 5.91 Å². The van der Waals surface area contributed by atoms with Crippen molar-refractivity contribution in [1.82, 2.24) is 9.58 Å². The monoisotopic (exact) mass is 431 g/mol. The number of fused-ring (bicyclic) bond motifs is 6. The van der Waals surface area contributed by atoms with Crippen molar-refractivity contribution < 1.29 is 14.3 Å². The molecule has 162 valence electrons. The summed E-state index contributed by atoms with van der Waals surface area (Å²) in [6.45, 7) is 2.32. The van der Waals surface area contributed by atoms with Gasteiger partial charge in [0.15, 0.2) is 11.4 Å². The SMILES string of the molecule is Cc1cccc2c1CC1Cc3c(F)cccc3C21N1CN(C)C(=O)c2c(O)c(=O)ccn21. The Labute approximate surface area is 184 Å². The third kappa shape index (κ3) is 2.13. The van der Waals surface area contributed by atoms with Gasteiger partial charge in [-0.05, 0) is 53.6 Å². The van der Waals surface area contributed by atoms with Crippen LogP contribution in [0.1, 0.15) is 38.3 Å². The molecule has 0 saturated carbocycles. The van der Waals surface area contributed by atoms with Gasteiger partial charge in [0, 0.05) is 25.2 Å². The van der Waals surface area contributed by atoms with Crippen molar-refractivity contribution in [3.63, 3.8) is 0 Å². The van der Waals surface area contributed by atoms with E-state index in [0.717, 1.165) is 17.5 Å². The lowest BCUT2D eigenvalue weighted by atomic mass is 9.81. The predicted molar refractivity (Wildman–Crippen MR) is 117 cm³/mol. The summed E-state index contributed by atoms with van der Waals surface area (Å²) in [6.07, 6.45) is 2.90. The fraction of sp³-hybridized carbons (Fsp3) is 0.280. The number of benzene rings is 2. The maximum absolute atomic E-state index is 15.0. The highest BCUT2D eigenvalue weighted by Gasteiger charge is 2.59. The summed E-state index contributed by atoms with van der Waals surface area (Å²) in [7, 11) is 1.65. The average Bonchev–Trinajstić information content (AvgIpc) is 3.27. The van der Waals surface area contributed by atoms with E-state index in [9.17, 15) is 19.1 Å². The first-order valence-electron chi connectivity index (χ1n) is 10.7. The fourth-order valence-corrected chi connectivity index (χ4v) is 6.10. The molecule has 7 heteroatoms. The van der Waals surface area contributed by atoms with Gasteiger partial charge in [-0.2, -0.15) is 0 Å². The molecule has 3 aromatic rings. The van der Waals surface area contributed by atoms with Crippen LogP contribution in [-0.2, 0) is 18.4 Å². The van der Waals surface area contributed by atoms with Crippen LogP contribution in [0.5, 0.6) is 5.75 Å². The molecule has 0 spiro atoms. The molecule has 2 atom stereocenters. The van der Waals surface area contributed by atoms with Crippen molar-refractivity contribution in [3.8, 4) is 5.75 Å². The van der Waals surface area contributed by atoms with E-state index in [4.69, 9.17) is 0 Å². The van der Waals surface area contributed by atoms with E-state index in [-0.39, 0.29) is 24.1 Å². The zero-order chi connectivity index (χ0) is 22.4. The number of pyridine rings is 1. The van der Waals surface area contributed by atoms with E-state index in [2.05, 4.69) is 19.1 Å². The molecule has 32 heavy (non-hydrogen) atoms. The summed E-state index contributed by atoms with van der Waals surface area (Å²) in [5, 5.41) is 12.6. The number of aryl methyl sites for hydroxylation is 1. The number of carbonyl (C=O) groups is 1. The van der Waals surface area contributed by atoms with E-state index in [1.807, 2.05) is 17.1 Å². The van der Waals surface area contributed by atoms with Gasteiger partial charge in [0.05, 0.1) is 0 Å². The molecule has 1 amide bonds. The normalized spacial score (nSPS) is 23.1. The molecule has 0 saturated heterocycles. The van der Waals surface area contributed by atoms with Crippen LogP contribution in [0.25, 0.3) is 0 Å². The van der Waals surface area contributed by atoms with Crippen molar-refractivity contribution >= 4 is 5.91 Å². The summed E-state index contributed by atoms with van der Waals surface area (Å²) in [5.41, 5.74) is 3.66. The van der Waals surface area contributed by atoms with Gasteiger partial charge in [-0.1, -0.05) is 30.3 Å². The Morgan fingerprint density at radius 2 is 1.72 bits per heavy atom. The summed E-state index contributed by atoms with van der Waals surface area (Å²) in [6, 6.07) is 12.6. The topological polar surface area (TPSA) is 65.8 Å². The van der Waals surface area contributed by atoms with Crippen molar-refractivity contribution in [2.45, 2.75) is 25.3 Å². The van der Waals surface area contributed by atoms with Crippen molar-refractivity contribution in [3.05, 3.63) is 98.2 Å². The molecule has 2 aliphatic carbocycles. The highest BCUT2D eigenvalue weighted by Crippen LogP contribution is 2.57. The molecule has 0 bridgehead atoms. The standard InChI is InChI=1S/C25H22FN3O3/c1-14-5-3-6-18-16(14)11-15-12-17-19(7-4-8-20(17)26)25(15,18)29-13-27(2)24(32)22-23(31)21(30)9-10-28(22)29/h3-10,15,31H,11-13H2,1-2H3. The number of rotatable bonds is 1. The molecule has 3 aliphatic rings. The predicted octanol–water partition coefficient (Wildman–Crippen LogP) is 2.65. The van der Waals surface area contributed by atoms with Gasteiger partial charge in [0.2, 0.25) is 5.43 Å². The Morgan fingerprint density at radius 1 is 1.03 bits per heavy atom. The van der Waals surface area contributed by atoms with E-state index in [1.54, 1.807) is 24.0 Å². The number of halogens is 1. The largest absolute Gasteiger partial charge is 0.502 e. The Morgan fingerprint density at radius 3 is 2.50 bits per heavy atom. The van der Waals surface area contributed by atoms with Crippen LogP contribution in [0.3, 0.4) is 0 Å². The molecule has 2 aromatic carbocycles. The lowest BCUT2D eigenvalue weighted by Crippen LogP contribution is -2.62. The van der Waals surface area contributed by atoms with E-state index < -0.39 is 22.6 Å². The molecular weight excluding hydrogens is 409 g/mol. The van der Waals surface area contributed by atoms with Crippen LogP contribution in [0.4, 0.5) is 4.39 Å². The second-order valence-corrected chi connectivity index (χ2v) is 9.00. The Bertz CT molecular complexity index is 1320. The van der Waals surface area contributed by atoms with Gasteiger partial charge in [0.1, 0.15) is 18.0 Å². The minimum atomic E-state index is -0.732. The maximum atomic E-state index is 15.0. The molecule has 6 rings (SSSR count). The lowest BCUT2D eigenvalue weighted by molar-refractivity contribution is 0.0697. The number of amides is 1. The highest BCUT2D eigenvalue weighted by atomic mass is 19.1. The molecule has 2 unspecified atom stereocenters. The molecule has 2 heterocycles. The number of carbonyl (C=O) groups excluding carboxylic acids is 1. The fourth-order valence-electron chi connectivity index (χ4n) is 6.10. The first kappa shape index (κ1) is 19.1. The van der Waals surface area contributed by atoms with Crippen LogP contribution < -0.4 is 10.4 Å². The zero-order valence-corrected chi connectivity index (χ0v) is 17.8. The van der Waals surface area contributed by atoms with Crippen LogP contribution in [0, 0.1) is 18.7 Å². The summed E-state index contributed by atoms with van der Waals surface area (Å²) >= 11 is 0. The Balaban J connectivity index is 1.72. The highest BCUT2D eigenvalue weighted by molar-refractivity contribution is 5.96. The molecule has 6 nitrogen and oxygen atoms in total. The van der Waals surface area contributed by atoms with Crippen LogP contribution in [-0.4, -0.2) is 34.3 Å². The second-order valence-electron chi connectivity index (χ2n) is 9.00. The van der Waals surface area contributed by atoms with E-state index in [0.29, 0.717) is 12.0 Å². The van der Waals surface area contributed by atoms with Gasteiger partial charge >= 0.3 is 0 Å². The smallest absolute Gasteiger partial charge is 0.277 e. The van der Waals surface area contributed by atoms with E-state index in [1.165, 1.54) is 28.2 Å². The minimum Gasteiger partial charge on any atom is -0.502 e. The summed E-state index contributed by atoms with van der Waals surface area (Å²) < 4.78 is 16.6. The molecule has 1 aromatic heterocycles. The number of hydrogen-bond acceptors (Lipinski definition) is 4. The third-order valence-corrected chi connectivity index (χ3v) is 7.46. The Hall–Kier alpha value is -3.61. The third-order valence-electron chi connectivity index (χ3n) is 7.46. The molecular formula is C25H22FN3O3.